The van der Waals surface area contributed by atoms with Crippen LogP contribution in [0.2, 0.25) is 0 Å². The highest BCUT2D eigenvalue weighted by Crippen LogP contribution is 2.39. The Labute approximate surface area is 64.3 Å². The third kappa shape index (κ3) is 4.30. The lowest BCUT2D eigenvalue weighted by Gasteiger charge is -2.11. The predicted molar refractivity (Wildman–Crippen MR) is 43.0 cm³/mol. The van der Waals surface area contributed by atoms with Crippen LogP contribution in [-0.4, -0.2) is 27.6 Å². The number of thioether (sulfide) groups is 1. The summed E-state index contributed by atoms with van der Waals surface area (Å²) in [6.45, 7) is 0. The molecule has 0 saturated heterocycles. The lowest BCUT2D eigenvalue weighted by Crippen LogP contribution is -2.20. The molecule has 0 aliphatic carbocycles. The van der Waals surface area contributed by atoms with Crippen LogP contribution in [0.4, 0.5) is 0 Å². The summed E-state index contributed by atoms with van der Waals surface area (Å²) in [7, 11) is -4.02. The van der Waals surface area contributed by atoms with Gasteiger partial charge in [-0.25, -0.2) is 0 Å². The van der Waals surface area contributed by atoms with Crippen molar-refractivity contribution in [3.8, 4) is 0 Å². The predicted octanol–water partition coefficient (Wildman–Crippen LogP) is 0.202. The molecule has 0 saturated carbocycles. The van der Waals surface area contributed by atoms with Gasteiger partial charge < -0.3 is 15.5 Å². The monoisotopic (exact) mass is 185 g/mol. The summed E-state index contributed by atoms with van der Waals surface area (Å²) in [6.07, 6.45) is 2.23. The summed E-state index contributed by atoms with van der Waals surface area (Å²) in [5, 5.41) is 0. The third-order valence-corrected chi connectivity index (χ3v) is 2.82. The van der Waals surface area contributed by atoms with Gasteiger partial charge in [0.25, 0.3) is 0 Å². The number of nitrogens with two attached hydrogens (primary N) is 1. The molecule has 6 heteroatoms. The molecular formula is C4H12NO3PS. The quantitative estimate of drug-likeness (QED) is 0.545. The average Bonchev–Trinajstić information content (AvgIpc) is 1.80. The van der Waals surface area contributed by atoms with Gasteiger partial charge >= 0.3 is 7.60 Å². The molecule has 0 aliphatic heterocycles. The van der Waals surface area contributed by atoms with Crippen molar-refractivity contribution >= 4 is 19.4 Å². The molecule has 0 unspecified atom stereocenters. The zero-order chi connectivity index (χ0) is 8.20. The first-order chi connectivity index (χ1) is 4.48. The third-order valence-electron chi connectivity index (χ3n) is 1.05. The maximum absolute atomic E-state index is 10.4. The smallest absolute Gasteiger partial charge is 0.323 e. The van der Waals surface area contributed by atoms with Gasteiger partial charge in [-0.3, -0.25) is 4.57 Å². The Kier molecular flexibility index (Phi) is 4.56. The van der Waals surface area contributed by atoms with Gasteiger partial charge in [0.1, 0.15) is 5.78 Å². The average molecular weight is 185 g/mol. The first-order valence-corrected chi connectivity index (χ1v) is 5.85. The molecule has 0 aromatic heterocycles. The van der Waals surface area contributed by atoms with Gasteiger partial charge in [0.15, 0.2) is 0 Å². The summed E-state index contributed by atoms with van der Waals surface area (Å²) in [5.41, 5.74) is 5.16. The first kappa shape index (κ1) is 10.5. The molecule has 0 fully saturated rings. The second-order valence-electron chi connectivity index (χ2n) is 1.94. The number of hydrogen-bond donors (Lipinski definition) is 3. The minimum absolute atomic E-state index is 0.367. The zero-order valence-corrected chi connectivity index (χ0v) is 7.44. The molecule has 0 aromatic carbocycles. The van der Waals surface area contributed by atoms with Crippen molar-refractivity contribution in [1.29, 1.82) is 0 Å². The largest absolute Gasteiger partial charge is 0.342 e. The molecule has 0 rings (SSSR count). The summed E-state index contributed by atoms with van der Waals surface area (Å²) in [4.78, 5) is 17.0. The molecule has 0 aliphatic rings. The van der Waals surface area contributed by atoms with Crippen LogP contribution in [0.3, 0.4) is 0 Å². The fourth-order valence-corrected chi connectivity index (χ4v) is 1.54. The highest BCUT2D eigenvalue weighted by molar-refractivity contribution is 7.98. The minimum atomic E-state index is -4.02. The Bertz CT molecular complexity index is 136. The summed E-state index contributed by atoms with van der Waals surface area (Å²) in [5.74, 6) is -0.299. The Morgan fingerprint density at radius 1 is 1.70 bits per heavy atom. The molecule has 62 valence electrons. The molecule has 0 amide bonds. The van der Waals surface area contributed by atoms with E-state index in [4.69, 9.17) is 15.5 Å². The SMILES string of the molecule is CSCC[C@H](N)P(=O)(O)O. The Morgan fingerprint density at radius 2 is 2.20 bits per heavy atom. The summed E-state index contributed by atoms with van der Waals surface area (Å²) < 4.78 is 10.4. The Morgan fingerprint density at radius 3 is 2.50 bits per heavy atom. The lowest BCUT2D eigenvalue weighted by molar-refractivity contribution is 0.357. The number of rotatable bonds is 4. The molecule has 0 radical (unpaired) electrons. The molecule has 0 aromatic rings. The normalized spacial score (nSPS) is 15.2. The topological polar surface area (TPSA) is 83.6 Å². The molecule has 4 N–H and O–H groups in total. The second kappa shape index (κ2) is 4.36. The molecule has 0 bridgehead atoms. The van der Waals surface area contributed by atoms with Crippen LogP contribution >= 0.6 is 19.4 Å². The van der Waals surface area contributed by atoms with E-state index in [1.807, 2.05) is 6.26 Å². The van der Waals surface area contributed by atoms with E-state index in [-0.39, 0.29) is 0 Å². The molecule has 10 heavy (non-hydrogen) atoms. The van der Waals surface area contributed by atoms with E-state index < -0.39 is 13.4 Å². The van der Waals surface area contributed by atoms with Gasteiger partial charge in [0.05, 0.1) is 0 Å². The summed E-state index contributed by atoms with van der Waals surface area (Å²) in [6, 6.07) is 0. The van der Waals surface area contributed by atoms with Crippen molar-refractivity contribution in [2.75, 3.05) is 12.0 Å². The van der Waals surface area contributed by atoms with E-state index >= 15 is 0 Å². The first-order valence-electron chi connectivity index (χ1n) is 2.78. The maximum atomic E-state index is 10.4. The van der Waals surface area contributed by atoms with Crippen molar-refractivity contribution in [2.45, 2.75) is 12.2 Å². The zero-order valence-electron chi connectivity index (χ0n) is 5.73. The van der Waals surface area contributed by atoms with Crippen LogP contribution in [0.25, 0.3) is 0 Å². The molecule has 1 atom stereocenters. The van der Waals surface area contributed by atoms with Gasteiger partial charge in [0, 0.05) is 0 Å². The van der Waals surface area contributed by atoms with Crippen LogP contribution in [0, 0.1) is 0 Å². The van der Waals surface area contributed by atoms with Crippen LogP contribution < -0.4 is 5.73 Å². The van der Waals surface area contributed by atoms with Crippen molar-refractivity contribution in [3.63, 3.8) is 0 Å². The van der Waals surface area contributed by atoms with Crippen molar-refractivity contribution in [3.05, 3.63) is 0 Å². The van der Waals surface area contributed by atoms with Crippen LogP contribution in [-0.2, 0) is 4.57 Å². The van der Waals surface area contributed by atoms with Crippen LogP contribution in [0.15, 0.2) is 0 Å². The maximum Gasteiger partial charge on any atom is 0.342 e. The van der Waals surface area contributed by atoms with Crippen molar-refractivity contribution in [1.82, 2.24) is 0 Å². The van der Waals surface area contributed by atoms with Crippen molar-refractivity contribution in [2.24, 2.45) is 5.73 Å². The van der Waals surface area contributed by atoms with E-state index in [1.54, 1.807) is 0 Å². The Hall–Kier alpha value is 0.460. The van der Waals surface area contributed by atoms with E-state index in [9.17, 15) is 4.57 Å². The molecule has 0 heterocycles. The van der Waals surface area contributed by atoms with Crippen molar-refractivity contribution < 1.29 is 14.4 Å². The molecular weight excluding hydrogens is 173 g/mol. The van der Waals surface area contributed by atoms with E-state index in [1.165, 1.54) is 11.8 Å². The Balaban J connectivity index is 3.63. The van der Waals surface area contributed by atoms with Crippen LogP contribution in [0.1, 0.15) is 6.42 Å². The van der Waals surface area contributed by atoms with Gasteiger partial charge in [0.2, 0.25) is 0 Å². The fourth-order valence-electron chi connectivity index (χ4n) is 0.407. The number of hydrogen-bond acceptors (Lipinski definition) is 3. The van der Waals surface area contributed by atoms with Gasteiger partial charge in [-0.05, 0) is 18.4 Å². The van der Waals surface area contributed by atoms with E-state index in [2.05, 4.69) is 0 Å². The standard InChI is InChI=1S/C4H12NO3PS/c1-10-3-2-4(5)9(6,7)8/h4H,2-3,5H2,1H3,(H2,6,7,8)/t4-/m1/s1. The van der Waals surface area contributed by atoms with Gasteiger partial charge in [-0.15, -0.1) is 0 Å². The second-order valence-corrected chi connectivity index (χ2v) is 4.76. The van der Waals surface area contributed by atoms with Gasteiger partial charge in [-0.1, -0.05) is 0 Å². The highest BCUT2D eigenvalue weighted by Gasteiger charge is 2.23. The molecule has 4 nitrogen and oxygen atoms in total. The highest BCUT2D eigenvalue weighted by atomic mass is 32.2. The fraction of sp³-hybridized carbons (Fsp3) is 1.00. The lowest BCUT2D eigenvalue weighted by atomic mass is 10.5. The summed E-state index contributed by atoms with van der Waals surface area (Å²) >= 11 is 1.52. The molecule has 0 spiro atoms. The minimum Gasteiger partial charge on any atom is -0.323 e. The van der Waals surface area contributed by atoms with E-state index in [0.29, 0.717) is 12.2 Å². The van der Waals surface area contributed by atoms with E-state index in [0.717, 1.165) is 0 Å². The van der Waals surface area contributed by atoms with Gasteiger partial charge in [-0.2, -0.15) is 11.8 Å². The van der Waals surface area contributed by atoms with Crippen LogP contribution in [0.5, 0.6) is 0 Å².